The minimum Gasteiger partial charge on any atom is -0.292 e. The average molecular weight is 1520 g/mol. The van der Waals surface area contributed by atoms with Crippen LogP contribution in [-0.4, -0.2) is 49.0 Å². The van der Waals surface area contributed by atoms with Crippen molar-refractivity contribution in [1.29, 1.82) is 0 Å². The number of imidazole rings is 2. The lowest BCUT2D eigenvalue weighted by Gasteiger charge is -2.13. The van der Waals surface area contributed by atoms with E-state index in [1.54, 1.807) is 22.7 Å². The van der Waals surface area contributed by atoms with Crippen LogP contribution in [0.15, 0.2) is 388 Å². The van der Waals surface area contributed by atoms with E-state index < -0.39 is 0 Å². The highest BCUT2D eigenvalue weighted by Crippen LogP contribution is 2.51. The first kappa shape index (κ1) is 67.8. The Kier molecular flexibility index (Phi) is 16.7. The van der Waals surface area contributed by atoms with Gasteiger partial charge in [0.1, 0.15) is 11.6 Å². The molecule has 0 fully saturated rings. The van der Waals surface area contributed by atoms with Crippen molar-refractivity contribution in [3.8, 4) is 158 Å². The molecule has 0 unspecified atom stereocenters. The fourth-order valence-corrected chi connectivity index (χ4v) is 19.0. The predicted octanol–water partition coefficient (Wildman–Crippen LogP) is 27.1. The fraction of sp³-hybridized carbons (Fsp3) is 0. The second kappa shape index (κ2) is 28.6. The van der Waals surface area contributed by atoms with Gasteiger partial charge in [0.05, 0.1) is 22.1 Å². The third-order valence-electron chi connectivity index (χ3n) is 21.9. The second-order valence-corrected chi connectivity index (χ2v) is 31.0. The van der Waals surface area contributed by atoms with Crippen LogP contribution >= 0.6 is 22.7 Å². The summed E-state index contributed by atoms with van der Waals surface area (Å²) in [5.41, 5.74) is 24.3. The molecule has 22 aromatic rings. The van der Waals surface area contributed by atoms with Crippen molar-refractivity contribution in [3.05, 3.63) is 388 Å². The van der Waals surface area contributed by atoms with Gasteiger partial charge in [-0.15, -0.1) is 22.7 Å². The molecule has 10 nitrogen and oxygen atoms in total. The number of fused-ring (bicyclic) bond motifs is 8. The van der Waals surface area contributed by atoms with Crippen LogP contribution < -0.4 is 0 Å². The maximum absolute atomic E-state index is 5.75. The van der Waals surface area contributed by atoms with Crippen LogP contribution in [-0.2, 0) is 0 Å². The van der Waals surface area contributed by atoms with Crippen LogP contribution in [0, 0.1) is 0 Å². The molecule has 0 N–H and O–H groups in total. The minimum absolute atomic E-state index is 0.603. The highest BCUT2D eigenvalue weighted by atomic mass is 32.1. The molecule has 0 spiro atoms. The zero-order valence-electron chi connectivity index (χ0n) is 62.2. The van der Waals surface area contributed by atoms with Crippen LogP contribution in [0.25, 0.3) is 221 Å². The number of hydrogen-bond donors (Lipinski definition) is 0. The van der Waals surface area contributed by atoms with Crippen molar-refractivity contribution in [2.75, 3.05) is 0 Å². The Morgan fingerprint density at radius 3 is 1.08 bits per heavy atom. The molecule has 0 aliphatic carbocycles. The molecule has 22 rings (SSSR count). The Labute approximate surface area is 675 Å². The Hall–Kier alpha value is -15.1. The molecule has 542 valence electrons. The maximum atomic E-state index is 5.75. The van der Waals surface area contributed by atoms with E-state index in [4.69, 9.17) is 39.9 Å². The Morgan fingerprint density at radius 1 is 0.181 bits per heavy atom. The largest absolute Gasteiger partial charge is 0.292 e. The highest BCUT2D eigenvalue weighted by Gasteiger charge is 2.27. The lowest BCUT2D eigenvalue weighted by atomic mass is 9.94. The van der Waals surface area contributed by atoms with Gasteiger partial charge in [0.25, 0.3) is 0 Å². The van der Waals surface area contributed by atoms with Gasteiger partial charge in [0, 0.05) is 96.2 Å². The molecule has 0 bridgehead atoms. The Morgan fingerprint density at radius 2 is 0.552 bits per heavy atom. The number of aromatic nitrogens is 10. The molecule has 0 saturated carbocycles. The Bertz CT molecular complexity index is 7430. The molecule has 0 aliphatic rings. The first-order valence-electron chi connectivity index (χ1n) is 38.7. The summed E-state index contributed by atoms with van der Waals surface area (Å²) in [7, 11) is 0. The van der Waals surface area contributed by atoms with Gasteiger partial charge in [-0.1, -0.05) is 297 Å². The minimum atomic E-state index is 0.603. The quantitative estimate of drug-likeness (QED) is 0.0997. The molecule has 0 atom stereocenters. The molecule has 0 radical (unpaired) electrons. The second-order valence-electron chi connectivity index (χ2n) is 28.9. The van der Waals surface area contributed by atoms with E-state index in [0.717, 1.165) is 186 Å². The topological polar surface area (TPSA) is 113 Å². The predicted molar refractivity (Wildman–Crippen MR) is 479 cm³/mol. The average Bonchev–Trinajstić information content (AvgIpc) is 1.57. The van der Waals surface area contributed by atoms with E-state index in [1.807, 2.05) is 72.8 Å². The first-order valence-corrected chi connectivity index (χ1v) is 40.3. The van der Waals surface area contributed by atoms with Crippen LogP contribution in [0.5, 0.6) is 0 Å². The summed E-state index contributed by atoms with van der Waals surface area (Å²) < 4.78 is 9.03. The third-order valence-corrected chi connectivity index (χ3v) is 24.4. The molecule has 6 aromatic heterocycles. The number of thiophene rings is 2. The standard InChI is InChI=1S/C104H64N10S2/c1-9-29-65(30-10-1)76-53-57-88-91(64-76)114(79-47-23-8-24-48-79)104(105-88)87-62-77(61-86-81-49-27-51-83(93(81)115-95(86)87)101-109-97(67-33-13-3-14-34-67)107-98(110-101)68-35-15-4-16-36-68)74-44-26-42-72(60-74)71-41-25-43-73(59-71)75-54-58-90-89(63-75)106-103(113(90)78-45-21-7-22-46-78)85-56-55-80(66-31-11-2-12-32-66)92-82-50-28-52-84(94(82)116-96(85)92)102-111-99(69-37-17-5-18-38-69)108-100(112-102)70-39-19-6-20-40-70/h1-64H. The van der Waals surface area contributed by atoms with Gasteiger partial charge in [0.2, 0.25) is 0 Å². The van der Waals surface area contributed by atoms with Gasteiger partial charge < -0.3 is 0 Å². The zero-order chi connectivity index (χ0) is 76.6. The molecule has 16 aromatic carbocycles. The van der Waals surface area contributed by atoms with Crippen molar-refractivity contribution in [2.24, 2.45) is 0 Å². The number of para-hydroxylation sites is 2. The fourth-order valence-electron chi connectivity index (χ4n) is 16.3. The molecule has 0 saturated heterocycles. The molecule has 116 heavy (non-hydrogen) atoms. The van der Waals surface area contributed by atoms with E-state index in [0.29, 0.717) is 34.9 Å². The number of rotatable bonds is 15. The normalized spacial score (nSPS) is 11.6. The van der Waals surface area contributed by atoms with Gasteiger partial charge in [0.15, 0.2) is 34.9 Å². The maximum Gasteiger partial charge on any atom is 0.165 e. The van der Waals surface area contributed by atoms with Crippen LogP contribution in [0.1, 0.15) is 0 Å². The van der Waals surface area contributed by atoms with E-state index in [2.05, 4.69) is 325 Å². The summed E-state index contributed by atoms with van der Waals surface area (Å²) in [6.45, 7) is 0. The number of hydrogen-bond acceptors (Lipinski definition) is 10. The van der Waals surface area contributed by atoms with Crippen LogP contribution in [0.3, 0.4) is 0 Å². The summed E-state index contributed by atoms with van der Waals surface area (Å²) in [6, 6.07) is 137. The van der Waals surface area contributed by atoms with Crippen molar-refractivity contribution in [3.63, 3.8) is 0 Å². The first-order chi connectivity index (χ1) is 57.5. The smallest absolute Gasteiger partial charge is 0.165 e. The number of benzene rings is 16. The van der Waals surface area contributed by atoms with Gasteiger partial charge >= 0.3 is 0 Å². The third kappa shape index (κ3) is 12.1. The van der Waals surface area contributed by atoms with Crippen LogP contribution in [0.2, 0.25) is 0 Å². The van der Waals surface area contributed by atoms with Gasteiger partial charge in [-0.3, -0.25) is 9.13 Å². The summed E-state index contributed by atoms with van der Waals surface area (Å²) in [5.74, 6) is 5.35. The van der Waals surface area contributed by atoms with Crippen molar-refractivity contribution < 1.29 is 0 Å². The SMILES string of the molecule is c1ccc(-c2ccc3nc(-c4cc(-c5cccc(-c6cccc(-c7ccc8c(c7)nc(-c7ccc(-c9ccccc9)c9c7sc7c(-c%10nc(-c%11ccccc%11)nc(-c%11ccccc%11)n%10)cccc79)n8-c7ccccc7)c6)c5)cc5c4sc4c(-c6nc(-c7ccccc7)nc(-c7ccccc7)n6)cccc45)n(-c4ccccc4)c3c2)cc1. The summed E-state index contributed by atoms with van der Waals surface area (Å²) >= 11 is 3.53. The molecular formula is C104H64N10S2. The number of nitrogens with zero attached hydrogens (tertiary/aromatic N) is 10. The van der Waals surface area contributed by atoms with Crippen molar-refractivity contribution in [2.45, 2.75) is 0 Å². The van der Waals surface area contributed by atoms with Gasteiger partial charge in [-0.2, -0.15) is 0 Å². The molecule has 0 amide bonds. The van der Waals surface area contributed by atoms with Gasteiger partial charge in [-0.25, -0.2) is 39.9 Å². The lowest BCUT2D eigenvalue weighted by molar-refractivity contribution is 1.08. The van der Waals surface area contributed by atoms with E-state index in [-0.39, 0.29) is 0 Å². The van der Waals surface area contributed by atoms with Gasteiger partial charge in [-0.05, 0) is 147 Å². The van der Waals surface area contributed by atoms with Crippen molar-refractivity contribution >= 4 is 85.1 Å². The highest BCUT2D eigenvalue weighted by molar-refractivity contribution is 7.27. The van der Waals surface area contributed by atoms with E-state index >= 15 is 0 Å². The molecule has 6 heterocycles. The summed E-state index contributed by atoms with van der Waals surface area (Å²) in [5, 5.41) is 4.47. The monoisotopic (exact) mass is 1520 g/mol. The lowest BCUT2D eigenvalue weighted by Crippen LogP contribution is -2.00. The Balaban J connectivity index is 0.684. The van der Waals surface area contributed by atoms with E-state index in [1.165, 1.54) is 0 Å². The molecule has 12 heteroatoms. The van der Waals surface area contributed by atoms with E-state index in [9.17, 15) is 0 Å². The summed E-state index contributed by atoms with van der Waals surface area (Å²) in [6.07, 6.45) is 0. The summed E-state index contributed by atoms with van der Waals surface area (Å²) in [4.78, 5) is 42.7. The zero-order valence-corrected chi connectivity index (χ0v) is 63.9. The molecular weight excluding hydrogens is 1450 g/mol. The molecule has 0 aliphatic heterocycles. The van der Waals surface area contributed by atoms with Crippen molar-refractivity contribution in [1.82, 2.24) is 49.0 Å². The van der Waals surface area contributed by atoms with Crippen LogP contribution in [0.4, 0.5) is 0 Å².